The Labute approximate surface area is 107 Å². The van der Waals surface area contributed by atoms with Gasteiger partial charge < -0.3 is 0 Å². The molecule has 0 amide bonds. The largest absolute Gasteiger partial charge is 0.211 e. The highest BCUT2D eigenvalue weighted by Crippen LogP contribution is 2.23. The number of nitrogens with one attached hydrogen (secondary N) is 1. The van der Waals surface area contributed by atoms with Crippen LogP contribution < -0.4 is 4.98 Å². The van der Waals surface area contributed by atoms with E-state index < -0.39 is 0 Å². The van der Waals surface area contributed by atoms with Crippen molar-refractivity contribution in [2.24, 2.45) is 0 Å². The van der Waals surface area contributed by atoms with E-state index >= 15 is 0 Å². The third-order valence-electron chi connectivity index (χ3n) is 2.99. The Hall–Kier alpha value is -2.41. The Kier molecular flexibility index (Phi) is 2.89. The molecule has 1 heteroatoms. The Bertz CT molecular complexity index is 575. The van der Waals surface area contributed by atoms with Gasteiger partial charge in [-0.3, -0.25) is 0 Å². The van der Waals surface area contributed by atoms with Crippen molar-refractivity contribution >= 4 is 0 Å². The molecule has 0 unspecified atom stereocenters. The van der Waals surface area contributed by atoms with E-state index in [0.717, 1.165) is 5.69 Å². The zero-order chi connectivity index (χ0) is 12.2. The van der Waals surface area contributed by atoms with E-state index in [1.807, 2.05) is 24.4 Å². The first kappa shape index (κ1) is 10.7. The van der Waals surface area contributed by atoms with E-state index in [-0.39, 0.29) is 0 Å². The molecule has 0 aliphatic rings. The second kappa shape index (κ2) is 4.84. The maximum atomic E-state index is 3.26. The van der Waals surface area contributed by atoms with Gasteiger partial charge in [-0.2, -0.15) is 0 Å². The SMILES string of the molecule is c1ccc(-c2cccc(-c3cccc[nH+]3)c2)cc1. The van der Waals surface area contributed by atoms with E-state index in [2.05, 4.69) is 59.6 Å². The van der Waals surface area contributed by atoms with Crippen LogP contribution in [0.2, 0.25) is 0 Å². The lowest BCUT2D eigenvalue weighted by atomic mass is 10.0. The van der Waals surface area contributed by atoms with Gasteiger partial charge in [0.25, 0.3) is 0 Å². The van der Waals surface area contributed by atoms with Gasteiger partial charge >= 0.3 is 0 Å². The van der Waals surface area contributed by atoms with Crippen LogP contribution in [0.1, 0.15) is 0 Å². The van der Waals surface area contributed by atoms with Gasteiger partial charge in [-0.25, -0.2) is 4.98 Å². The molecule has 1 N–H and O–H groups in total. The van der Waals surface area contributed by atoms with Crippen molar-refractivity contribution in [3.05, 3.63) is 79.0 Å². The van der Waals surface area contributed by atoms with Crippen molar-refractivity contribution < 1.29 is 4.98 Å². The summed E-state index contributed by atoms with van der Waals surface area (Å²) in [6.45, 7) is 0. The average molecular weight is 232 g/mol. The number of aromatic nitrogens is 1. The number of aromatic amines is 1. The van der Waals surface area contributed by atoms with Crippen LogP contribution in [0.3, 0.4) is 0 Å². The average Bonchev–Trinajstić information content (AvgIpc) is 2.49. The summed E-state index contributed by atoms with van der Waals surface area (Å²) in [6.07, 6.45) is 1.95. The normalized spacial score (nSPS) is 10.2. The molecule has 0 aliphatic carbocycles. The van der Waals surface area contributed by atoms with E-state index in [4.69, 9.17) is 0 Å². The van der Waals surface area contributed by atoms with Gasteiger partial charge in [-0.15, -0.1) is 0 Å². The highest BCUT2D eigenvalue weighted by molar-refractivity contribution is 5.70. The van der Waals surface area contributed by atoms with Gasteiger partial charge in [0.05, 0.1) is 0 Å². The molecule has 0 fully saturated rings. The summed E-state index contributed by atoms with van der Waals surface area (Å²) in [4.78, 5) is 3.26. The molecule has 0 spiro atoms. The molecule has 1 aromatic heterocycles. The summed E-state index contributed by atoms with van der Waals surface area (Å²) in [5.41, 5.74) is 4.83. The predicted octanol–water partition coefficient (Wildman–Crippen LogP) is 3.83. The second-order valence-corrected chi connectivity index (χ2v) is 4.22. The van der Waals surface area contributed by atoms with Gasteiger partial charge in [-0.1, -0.05) is 42.5 Å². The van der Waals surface area contributed by atoms with Crippen LogP contribution in [0.15, 0.2) is 79.0 Å². The summed E-state index contributed by atoms with van der Waals surface area (Å²) in [6, 6.07) is 25.1. The topological polar surface area (TPSA) is 14.1 Å². The minimum absolute atomic E-state index is 1.13. The van der Waals surface area contributed by atoms with Crippen LogP contribution in [0.25, 0.3) is 22.4 Å². The quantitative estimate of drug-likeness (QED) is 0.637. The molecule has 0 aliphatic heterocycles. The summed E-state index contributed by atoms with van der Waals surface area (Å²) in [7, 11) is 0. The third kappa shape index (κ3) is 2.16. The summed E-state index contributed by atoms with van der Waals surface area (Å²) >= 11 is 0. The standard InChI is InChI=1S/C17H13N/c1-2-7-14(8-3-1)15-9-6-10-16(13-15)17-11-4-5-12-18-17/h1-13H/p+1. The van der Waals surface area contributed by atoms with E-state index in [9.17, 15) is 0 Å². The molecule has 0 saturated carbocycles. The van der Waals surface area contributed by atoms with Crippen molar-refractivity contribution in [3.63, 3.8) is 0 Å². The monoisotopic (exact) mass is 232 g/mol. The lowest BCUT2D eigenvalue weighted by Gasteiger charge is -2.02. The van der Waals surface area contributed by atoms with Gasteiger partial charge in [0.1, 0.15) is 0 Å². The number of pyridine rings is 1. The fourth-order valence-corrected chi connectivity index (χ4v) is 2.07. The molecule has 18 heavy (non-hydrogen) atoms. The zero-order valence-corrected chi connectivity index (χ0v) is 10.0. The van der Waals surface area contributed by atoms with Crippen LogP contribution >= 0.6 is 0 Å². The Balaban J connectivity index is 2.05. The maximum absolute atomic E-state index is 3.26. The van der Waals surface area contributed by atoms with Crippen LogP contribution in [-0.4, -0.2) is 0 Å². The van der Waals surface area contributed by atoms with Crippen LogP contribution in [0.4, 0.5) is 0 Å². The lowest BCUT2D eigenvalue weighted by Crippen LogP contribution is -2.04. The second-order valence-electron chi connectivity index (χ2n) is 4.22. The summed E-state index contributed by atoms with van der Waals surface area (Å²) < 4.78 is 0. The van der Waals surface area contributed by atoms with Crippen LogP contribution in [-0.2, 0) is 0 Å². The molecule has 1 nitrogen and oxygen atoms in total. The van der Waals surface area contributed by atoms with Gasteiger partial charge in [0.15, 0.2) is 6.20 Å². The molecule has 0 atom stereocenters. The molecule has 0 radical (unpaired) electrons. The number of hydrogen-bond donors (Lipinski definition) is 0. The fraction of sp³-hybridized carbons (Fsp3) is 0. The predicted molar refractivity (Wildman–Crippen MR) is 73.9 cm³/mol. The molecule has 3 rings (SSSR count). The van der Waals surface area contributed by atoms with Gasteiger partial charge in [-0.05, 0) is 29.3 Å². The van der Waals surface area contributed by atoms with Crippen molar-refractivity contribution in [1.29, 1.82) is 0 Å². The summed E-state index contributed by atoms with van der Waals surface area (Å²) in [5, 5.41) is 0. The first-order valence-electron chi connectivity index (χ1n) is 6.06. The summed E-state index contributed by atoms with van der Waals surface area (Å²) in [5.74, 6) is 0. The fourth-order valence-electron chi connectivity index (χ4n) is 2.07. The molecule has 0 saturated heterocycles. The van der Waals surface area contributed by atoms with Crippen LogP contribution in [0, 0.1) is 0 Å². The molecule has 1 heterocycles. The van der Waals surface area contributed by atoms with Gasteiger partial charge in [0, 0.05) is 17.7 Å². The maximum Gasteiger partial charge on any atom is 0.210 e. The highest BCUT2D eigenvalue weighted by Gasteiger charge is 2.05. The molecular formula is C17H14N+. The van der Waals surface area contributed by atoms with Crippen LogP contribution in [0.5, 0.6) is 0 Å². The highest BCUT2D eigenvalue weighted by atomic mass is 14.7. The van der Waals surface area contributed by atoms with E-state index in [1.54, 1.807) is 0 Å². The third-order valence-corrected chi connectivity index (χ3v) is 2.99. The lowest BCUT2D eigenvalue weighted by molar-refractivity contribution is -0.364. The Morgan fingerprint density at radius 3 is 2.06 bits per heavy atom. The number of benzene rings is 2. The van der Waals surface area contributed by atoms with Gasteiger partial charge in [0.2, 0.25) is 5.69 Å². The molecular weight excluding hydrogens is 218 g/mol. The van der Waals surface area contributed by atoms with E-state index in [1.165, 1.54) is 16.7 Å². The number of hydrogen-bond acceptors (Lipinski definition) is 0. The first-order chi connectivity index (χ1) is 8.93. The van der Waals surface area contributed by atoms with Crippen molar-refractivity contribution in [2.45, 2.75) is 0 Å². The molecule has 2 aromatic carbocycles. The minimum Gasteiger partial charge on any atom is -0.211 e. The number of rotatable bonds is 2. The number of H-pyrrole nitrogens is 1. The molecule has 0 bridgehead atoms. The Morgan fingerprint density at radius 1 is 0.556 bits per heavy atom. The van der Waals surface area contributed by atoms with E-state index in [0.29, 0.717) is 0 Å². The van der Waals surface area contributed by atoms with Crippen molar-refractivity contribution in [1.82, 2.24) is 0 Å². The van der Waals surface area contributed by atoms with Crippen molar-refractivity contribution in [3.8, 4) is 22.4 Å². The molecule has 86 valence electrons. The zero-order valence-electron chi connectivity index (χ0n) is 10.0. The Morgan fingerprint density at radius 2 is 1.28 bits per heavy atom. The molecule has 3 aromatic rings. The smallest absolute Gasteiger partial charge is 0.210 e. The minimum atomic E-state index is 1.13. The first-order valence-corrected chi connectivity index (χ1v) is 6.06. The van der Waals surface area contributed by atoms with Crippen molar-refractivity contribution in [2.75, 3.05) is 0 Å².